The van der Waals surface area contributed by atoms with Gasteiger partial charge >= 0.3 is 69.1 Å². The van der Waals surface area contributed by atoms with Crippen LogP contribution in [-0.2, 0) is 0 Å². The average molecular weight is 149 g/mol. The summed E-state index contributed by atoms with van der Waals surface area (Å²) in [6.45, 7) is 11.5. The van der Waals surface area contributed by atoms with E-state index in [1.165, 1.54) is 5.57 Å². The molecule has 0 atom stereocenters. The van der Waals surface area contributed by atoms with Gasteiger partial charge < -0.3 is 0 Å². The van der Waals surface area contributed by atoms with Crippen molar-refractivity contribution in [1.29, 1.82) is 0 Å². The van der Waals surface area contributed by atoms with Gasteiger partial charge in [0.25, 0.3) is 0 Å². The molecular formula is C9H16BN. The van der Waals surface area contributed by atoms with Crippen LogP contribution >= 0.6 is 0 Å². The maximum absolute atomic E-state index is 5.67. The zero-order valence-corrected chi connectivity index (χ0v) is 7.59. The Kier molecular flexibility index (Phi) is 4.59. The van der Waals surface area contributed by atoms with Gasteiger partial charge in [-0.05, 0) is 0 Å². The van der Waals surface area contributed by atoms with Crippen LogP contribution in [-0.4, -0.2) is 13.4 Å². The molecule has 0 unspecified atom stereocenters. The molecule has 0 heterocycles. The fourth-order valence-corrected chi connectivity index (χ4v) is 0.951. The molecule has 2 heteroatoms. The van der Waals surface area contributed by atoms with E-state index in [1.54, 1.807) is 6.92 Å². The molecule has 60 valence electrons. The van der Waals surface area contributed by atoms with Crippen LogP contribution in [0.5, 0.6) is 0 Å². The standard InChI is InChI=1S/C9H16BN/c1-7(2)9(8(3)11)5-6-10-4/h5-7H,4,11H2,1-3H3/b6-5-,9-8-. The van der Waals surface area contributed by atoms with E-state index in [-0.39, 0.29) is 0 Å². The molecule has 2 N–H and O–H groups in total. The van der Waals surface area contributed by atoms with Gasteiger partial charge in [-0.1, -0.05) is 0 Å². The van der Waals surface area contributed by atoms with E-state index < -0.39 is 0 Å². The monoisotopic (exact) mass is 149 g/mol. The summed E-state index contributed by atoms with van der Waals surface area (Å²) in [7, 11) is 0. The first-order valence-corrected chi connectivity index (χ1v) is 3.85. The summed E-state index contributed by atoms with van der Waals surface area (Å²) in [5.41, 5.74) is 7.74. The Balaban J connectivity index is 4.50. The molecule has 0 bridgehead atoms. The third kappa shape index (κ3) is 3.81. The van der Waals surface area contributed by atoms with E-state index in [9.17, 15) is 0 Å². The van der Waals surface area contributed by atoms with Crippen LogP contribution in [0, 0.1) is 5.92 Å². The zero-order valence-electron chi connectivity index (χ0n) is 7.59. The maximum atomic E-state index is 5.67. The van der Waals surface area contributed by atoms with Crippen molar-refractivity contribution in [3.05, 3.63) is 23.3 Å². The predicted molar refractivity (Wildman–Crippen MR) is 53.7 cm³/mol. The molecule has 0 rings (SSSR count). The van der Waals surface area contributed by atoms with Gasteiger partial charge in [0.1, 0.15) is 0 Å². The Hall–Kier alpha value is -0.785. The van der Waals surface area contributed by atoms with E-state index >= 15 is 0 Å². The van der Waals surface area contributed by atoms with Gasteiger partial charge in [-0.25, -0.2) is 0 Å². The van der Waals surface area contributed by atoms with Gasteiger partial charge in [0.05, 0.1) is 0 Å². The number of allylic oxidation sites excluding steroid dienone is 3. The van der Waals surface area contributed by atoms with Crippen molar-refractivity contribution in [2.75, 3.05) is 0 Å². The second kappa shape index (κ2) is 4.94. The van der Waals surface area contributed by atoms with Crippen LogP contribution in [0.1, 0.15) is 20.8 Å². The summed E-state index contributed by atoms with van der Waals surface area (Å²) in [4.78, 5) is 0. The summed E-state index contributed by atoms with van der Waals surface area (Å²) in [5.74, 6) is 2.39. The average Bonchev–Trinajstić information content (AvgIpc) is 1.87. The number of hydrogen-bond acceptors (Lipinski definition) is 1. The Labute approximate surface area is 69.9 Å². The molecule has 0 aromatic heterocycles. The molecular weight excluding hydrogens is 133 g/mol. The van der Waals surface area contributed by atoms with Gasteiger partial charge in [0.15, 0.2) is 0 Å². The number of rotatable bonds is 3. The Bertz CT molecular complexity index is 186. The molecule has 0 radical (unpaired) electrons. The Morgan fingerprint density at radius 3 is 2.36 bits per heavy atom. The van der Waals surface area contributed by atoms with E-state index in [1.807, 2.05) is 19.0 Å². The molecule has 0 saturated carbocycles. The fourth-order valence-electron chi connectivity index (χ4n) is 0.951. The van der Waals surface area contributed by atoms with Crippen LogP contribution in [0.4, 0.5) is 0 Å². The van der Waals surface area contributed by atoms with Crippen LogP contribution < -0.4 is 5.73 Å². The first kappa shape index (κ1) is 10.2. The van der Waals surface area contributed by atoms with E-state index in [2.05, 4.69) is 20.3 Å². The van der Waals surface area contributed by atoms with Gasteiger partial charge in [0, 0.05) is 0 Å². The predicted octanol–water partition coefficient (Wildman–Crippen LogP) is 1.52. The second-order valence-electron chi connectivity index (χ2n) is 2.89. The molecule has 0 saturated heterocycles. The molecule has 11 heavy (non-hydrogen) atoms. The van der Waals surface area contributed by atoms with Crippen molar-refractivity contribution in [3.63, 3.8) is 0 Å². The first-order valence-electron chi connectivity index (χ1n) is 3.85. The van der Waals surface area contributed by atoms with E-state index in [4.69, 9.17) is 5.73 Å². The number of nitrogens with two attached hydrogens (primary N) is 1. The summed E-state index contributed by atoms with van der Waals surface area (Å²) < 4.78 is 0. The summed E-state index contributed by atoms with van der Waals surface area (Å²) in [6.07, 6.45) is 2.01. The van der Waals surface area contributed by atoms with Gasteiger partial charge in [-0.3, -0.25) is 0 Å². The van der Waals surface area contributed by atoms with E-state index in [0.717, 1.165) is 5.70 Å². The van der Waals surface area contributed by atoms with Gasteiger partial charge in [-0.15, -0.1) is 0 Å². The molecule has 0 spiro atoms. The van der Waals surface area contributed by atoms with E-state index in [0.29, 0.717) is 5.92 Å². The molecule has 0 aromatic carbocycles. The summed E-state index contributed by atoms with van der Waals surface area (Å²) >= 11 is 0. The molecule has 0 fully saturated rings. The van der Waals surface area contributed by atoms with Crippen LogP contribution in [0.3, 0.4) is 0 Å². The minimum absolute atomic E-state index is 0.483. The van der Waals surface area contributed by atoms with Crippen molar-refractivity contribution in [3.8, 4) is 0 Å². The molecule has 0 aromatic rings. The summed E-state index contributed by atoms with van der Waals surface area (Å²) in [6, 6.07) is 0. The van der Waals surface area contributed by atoms with Crippen LogP contribution in [0.2, 0.25) is 0 Å². The first-order chi connectivity index (χ1) is 5.09. The van der Waals surface area contributed by atoms with Crippen LogP contribution in [0.15, 0.2) is 23.3 Å². The number of hydrogen-bond donors (Lipinski definition) is 1. The molecule has 0 aliphatic rings. The Morgan fingerprint density at radius 2 is 2.09 bits per heavy atom. The minimum atomic E-state index is 0.483. The van der Waals surface area contributed by atoms with Gasteiger partial charge in [-0.2, -0.15) is 0 Å². The SMILES string of the molecule is C=B/C=C\C(=C(/C)N)C(C)C. The van der Waals surface area contributed by atoms with Gasteiger partial charge in [0.2, 0.25) is 0 Å². The molecule has 1 nitrogen and oxygen atoms in total. The second-order valence-corrected chi connectivity index (χ2v) is 2.89. The third-order valence-corrected chi connectivity index (χ3v) is 1.49. The topological polar surface area (TPSA) is 26.0 Å². The molecule has 0 amide bonds. The third-order valence-electron chi connectivity index (χ3n) is 1.49. The van der Waals surface area contributed by atoms with Crippen molar-refractivity contribution in [2.24, 2.45) is 11.7 Å². The van der Waals surface area contributed by atoms with Crippen molar-refractivity contribution < 1.29 is 0 Å². The van der Waals surface area contributed by atoms with Crippen LogP contribution in [0.25, 0.3) is 0 Å². The van der Waals surface area contributed by atoms with Crippen molar-refractivity contribution in [1.82, 2.24) is 0 Å². The zero-order chi connectivity index (χ0) is 8.85. The fraction of sp³-hybridized carbons (Fsp3) is 0.444. The van der Waals surface area contributed by atoms with Crippen molar-refractivity contribution in [2.45, 2.75) is 20.8 Å². The molecule has 0 aliphatic heterocycles. The normalized spacial score (nSPS) is 13.5. The van der Waals surface area contributed by atoms with Crippen molar-refractivity contribution >= 4 is 13.4 Å². The Morgan fingerprint density at radius 1 is 1.55 bits per heavy atom. The summed E-state index contributed by atoms with van der Waals surface area (Å²) in [5, 5.41) is 0. The molecule has 0 aliphatic carbocycles. The quantitative estimate of drug-likeness (QED) is 0.477.